The number of carbonyl (C=O) groups excluding carboxylic acids is 2. The average molecular weight is 418 g/mol. The average Bonchev–Trinajstić information content (AvgIpc) is 2.76. The summed E-state index contributed by atoms with van der Waals surface area (Å²) in [6.45, 7) is 2.49. The molecule has 1 aromatic carbocycles. The molecule has 1 aliphatic heterocycles. The molecule has 1 aliphatic rings. The van der Waals surface area contributed by atoms with Crippen LogP contribution in [0, 0.1) is 5.92 Å². The minimum Gasteiger partial charge on any atom is -0.497 e. The third-order valence-corrected chi connectivity index (χ3v) is 5.39. The maximum absolute atomic E-state index is 12.0. The highest BCUT2D eigenvalue weighted by atomic mass is 16.5. The second kappa shape index (κ2) is 12.0. The summed E-state index contributed by atoms with van der Waals surface area (Å²) < 4.78 is 5.20. The first kappa shape index (κ1) is 23.5. The number of rotatable bonds is 8. The van der Waals surface area contributed by atoms with Crippen molar-refractivity contribution in [2.24, 2.45) is 10.9 Å². The maximum Gasteiger partial charge on any atom is 0.243 e. The molecule has 0 spiro atoms. The highest BCUT2D eigenvalue weighted by Crippen LogP contribution is 2.20. The highest BCUT2D eigenvalue weighted by Gasteiger charge is 2.23. The van der Waals surface area contributed by atoms with Crippen LogP contribution < -0.4 is 15.4 Å². The third-order valence-electron chi connectivity index (χ3n) is 5.39. The summed E-state index contributed by atoms with van der Waals surface area (Å²) in [5.74, 6) is 2.06. The molecule has 0 aliphatic carbocycles. The predicted octanol–water partition coefficient (Wildman–Crippen LogP) is 1.12. The number of piperidine rings is 1. The Hall–Kier alpha value is -2.77. The second-order valence-electron chi connectivity index (χ2n) is 7.76. The van der Waals surface area contributed by atoms with Gasteiger partial charge in [0.25, 0.3) is 0 Å². The Balaban J connectivity index is 1.94. The Labute approximate surface area is 179 Å². The quantitative estimate of drug-likeness (QED) is 0.489. The van der Waals surface area contributed by atoms with E-state index in [2.05, 4.69) is 32.7 Å². The molecule has 8 heteroatoms. The second-order valence-corrected chi connectivity index (χ2v) is 7.76. The number of aliphatic imine (C=N–C) groups is 1. The summed E-state index contributed by atoms with van der Waals surface area (Å²) in [5.41, 5.74) is 1.20. The number of carbonyl (C=O) groups is 2. The first-order valence-corrected chi connectivity index (χ1v) is 10.5. The highest BCUT2D eigenvalue weighted by molar-refractivity contribution is 5.85. The minimum absolute atomic E-state index is 0.0287. The lowest BCUT2D eigenvalue weighted by atomic mass is 9.93. The van der Waals surface area contributed by atoms with Gasteiger partial charge in [0.05, 0.1) is 7.11 Å². The predicted molar refractivity (Wildman–Crippen MR) is 119 cm³/mol. The van der Waals surface area contributed by atoms with E-state index in [1.165, 1.54) is 5.56 Å². The zero-order chi connectivity index (χ0) is 21.9. The van der Waals surface area contributed by atoms with Gasteiger partial charge in [0.1, 0.15) is 12.3 Å². The van der Waals surface area contributed by atoms with Gasteiger partial charge in [-0.1, -0.05) is 12.1 Å². The number of nitrogens with zero attached hydrogens (tertiary/aromatic N) is 3. The van der Waals surface area contributed by atoms with Crippen LogP contribution in [0.5, 0.6) is 5.75 Å². The van der Waals surface area contributed by atoms with Crippen molar-refractivity contribution in [2.45, 2.75) is 25.7 Å². The smallest absolute Gasteiger partial charge is 0.243 e. The number of hydrogen-bond donors (Lipinski definition) is 2. The zero-order valence-corrected chi connectivity index (χ0v) is 18.6. The lowest BCUT2D eigenvalue weighted by Crippen LogP contribution is -2.47. The van der Waals surface area contributed by atoms with Crippen molar-refractivity contribution in [3.05, 3.63) is 29.8 Å². The third kappa shape index (κ3) is 7.57. The number of guanidine groups is 1. The van der Waals surface area contributed by atoms with Crippen molar-refractivity contribution in [2.75, 3.05) is 54.4 Å². The number of amides is 2. The van der Waals surface area contributed by atoms with Crippen molar-refractivity contribution < 1.29 is 14.3 Å². The van der Waals surface area contributed by atoms with Crippen molar-refractivity contribution in [1.29, 1.82) is 0 Å². The van der Waals surface area contributed by atoms with E-state index in [-0.39, 0.29) is 18.4 Å². The van der Waals surface area contributed by atoms with Crippen LogP contribution in [0.3, 0.4) is 0 Å². The van der Waals surface area contributed by atoms with Gasteiger partial charge >= 0.3 is 0 Å². The molecule has 1 heterocycles. The molecule has 0 saturated carbocycles. The van der Waals surface area contributed by atoms with Gasteiger partial charge in [-0.3, -0.25) is 9.59 Å². The van der Waals surface area contributed by atoms with Crippen LogP contribution in [-0.2, 0) is 16.0 Å². The molecule has 0 atom stereocenters. The Morgan fingerprint density at radius 3 is 2.43 bits per heavy atom. The molecular formula is C22H35N5O3. The van der Waals surface area contributed by atoms with E-state index >= 15 is 0 Å². The van der Waals surface area contributed by atoms with Gasteiger partial charge in [-0.2, -0.15) is 0 Å². The first-order valence-electron chi connectivity index (χ1n) is 10.5. The van der Waals surface area contributed by atoms with Crippen molar-refractivity contribution >= 4 is 17.8 Å². The van der Waals surface area contributed by atoms with E-state index in [1.54, 1.807) is 33.2 Å². The van der Waals surface area contributed by atoms with E-state index in [0.29, 0.717) is 12.3 Å². The van der Waals surface area contributed by atoms with E-state index in [4.69, 9.17) is 4.74 Å². The van der Waals surface area contributed by atoms with Crippen LogP contribution in [0.25, 0.3) is 0 Å². The molecule has 30 heavy (non-hydrogen) atoms. The van der Waals surface area contributed by atoms with Crippen LogP contribution in [0.1, 0.15) is 24.8 Å². The van der Waals surface area contributed by atoms with Gasteiger partial charge in [0.2, 0.25) is 11.8 Å². The Bertz CT molecular complexity index is 710. The Kier molecular flexibility index (Phi) is 9.44. The summed E-state index contributed by atoms with van der Waals surface area (Å²) in [7, 11) is 6.81. The monoisotopic (exact) mass is 417 g/mol. The lowest BCUT2D eigenvalue weighted by molar-refractivity contribution is -0.127. The summed E-state index contributed by atoms with van der Waals surface area (Å²) in [6.07, 6.45) is 3.29. The Morgan fingerprint density at radius 2 is 1.87 bits per heavy atom. The molecule has 0 unspecified atom stereocenters. The van der Waals surface area contributed by atoms with E-state index < -0.39 is 0 Å². The van der Waals surface area contributed by atoms with Gasteiger partial charge in [-0.15, -0.1) is 0 Å². The van der Waals surface area contributed by atoms with Gasteiger partial charge in [0.15, 0.2) is 5.96 Å². The van der Waals surface area contributed by atoms with Crippen molar-refractivity contribution in [3.8, 4) is 5.75 Å². The fourth-order valence-electron chi connectivity index (χ4n) is 3.38. The van der Waals surface area contributed by atoms with Crippen LogP contribution >= 0.6 is 0 Å². The lowest BCUT2D eigenvalue weighted by Gasteiger charge is -2.34. The zero-order valence-electron chi connectivity index (χ0n) is 18.6. The molecule has 0 radical (unpaired) electrons. The van der Waals surface area contributed by atoms with Crippen LogP contribution in [-0.4, -0.2) is 82.0 Å². The van der Waals surface area contributed by atoms with Gasteiger partial charge in [0, 0.05) is 47.2 Å². The summed E-state index contributed by atoms with van der Waals surface area (Å²) in [6, 6.07) is 8.02. The molecule has 0 bridgehead atoms. The number of hydrogen-bond acceptors (Lipinski definition) is 4. The number of ether oxygens (including phenoxy) is 1. The van der Waals surface area contributed by atoms with Crippen molar-refractivity contribution in [3.63, 3.8) is 0 Å². The summed E-state index contributed by atoms with van der Waals surface area (Å²) >= 11 is 0. The molecule has 1 fully saturated rings. The maximum atomic E-state index is 12.0. The topological polar surface area (TPSA) is 86.3 Å². The fourth-order valence-corrected chi connectivity index (χ4v) is 3.38. The summed E-state index contributed by atoms with van der Waals surface area (Å²) in [5, 5.41) is 6.12. The number of nitrogens with one attached hydrogen (secondary N) is 2. The number of methoxy groups -OCH3 is 1. The number of likely N-dealkylation sites (tertiary alicyclic amines) is 1. The van der Waals surface area contributed by atoms with Crippen LogP contribution in [0.4, 0.5) is 0 Å². The first-order chi connectivity index (χ1) is 14.4. The molecule has 1 aromatic rings. The van der Waals surface area contributed by atoms with E-state index in [9.17, 15) is 9.59 Å². The van der Waals surface area contributed by atoms with Crippen molar-refractivity contribution in [1.82, 2.24) is 20.4 Å². The van der Waals surface area contributed by atoms with E-state index in [1.807, 2.05) is 12.1 Å². The van der Waals surface area contributed by atoms with Crippen LogP contribution in [0.2, 0.25) is 0 Å². The fraction of sp³-hybridized carbons (Fsp3) is 0.591. The molecule has 2 N–H and O–H groups in total. The number of benzene rings is 1. The largest absolute Gasteiger partial charge is 0.497 e. The van der Waals surface area contributed by atoms with Gasteiger partial charge < -0.3 is 25.2 Å². The molecule has 2 amide bonds. The summed E-state index contributed by atoms with van der Waals surface area (Å²) in [4.78, 5) is 32.0. The molecule has 8 nitrogen and oxygen atoms in total. The molecular weight excluding hydrogens is 382 g/mol. The molecule has 1 saturated heterocycles. The molecule has 0 aromatic heterocycles. The SMILES string of the molecule is CNC(=O)CC1CCN(C(=NCC(=O)N(C)C)NCCc2ccc(OC)cc2)CC1. The molecule has 166 valence electrons. The van der Waals surface area contributed by atoms with Crippen LogP contribution in [0.15, 0.2) is 29.3 Å². The Morgan fingerprint density at radius 1 is 1.20 bits per heavy atom. The standard InChI is InChI=1S/C22H35N5O3/c1-23-20(28)15-18-10-13-27(14-11-18)22(25-16-21(29)26(2)3)24-12-9-17-5-7-19(30-4)8-6-17/h5-8,18H,9-16H2,1-4H3,(H,23,28)(H,24,25). The number of likely N-dealkylation sites (N-methyl/N-ethyl adjacent to an activating group) is 1. The van der Waals surface area contributed by atoms with Gasteiger partial charge in [-0.25, -0.2) is 4.99 Å². The molecule has 2 rings (SSSR count). The normalized spacial score (nSPS) is 14.9. The van der Waals surface area contributed by atoms with Gasteiger partial charge in [-0.05, 0) is 42.9 Å². The van der Waals surface area contributed by atoms with E-state index in [0.717, 1.165) is 50.6 Å². The minimum atomic E-state index is -0.0287.